The Balaban J connectivity index is 1.22. The Hall–Kier alpha value is -3.97. The number of unbranched alkanes of at least 4 members (excludes halogenated alkanes) is 1. The summed E-state index contributed by atoms with van der Waals surface area (Å²) < 4.78 is 44.8. The Morgan fingerprint density at radius 3 is 2.59 bits per heavy atom. The molecule has 3 N–H and O–H groups in total. The molecule has 1 aliphatic rings. The number of nitrogens with zero attached hydrogens (tertiary/aromatic N) is 2. The molecular formula is C28H33F2N5O5S. The number of morpholine rings is 1. The summed E-state index contributed by atoms with van der Waals surface area (Å²) in [6, 6.07) is 7.53. The Labute approximate surface area is 241 Å². The first-order valence-corrected chi connectivity index (χ1v) is 14.1. The lowest BCUT2D eigenvalue weighted by atomic mass is 10.1. The number of halogens is 2. The second kappa shape index (κ2) is 14.6. The monoisotopic (exact) mass is 589 g/mol. The van der Waals surface area contributed by atoms with Crippen LogP contribution in [-0.2, 0) is 9.53 Å². The third-order valence-electron chi connectivity index (χ3n) is 6.39. The number of thiazole rings is 1. The van der Waals surface area contributed by atoms with Crippen molar-refractivity contribution in [2.45, 2.75) is 12.8 Å². The van der Waals surface area contributed by atoms with Crippen LogP contribution in [0.25, 0.3) is 11.3 Å². The number of carbonyl (C=O) groups is 2. The van der Waals surface area contributed by atoms with Crippen molar-refractivity contribution in [2.24, 2.45) is 0 Å². The molecule has 0 aliphatic carbocycles. The first-order chi connectivity index (χ1) is 19.9. The van der Waals surface area contributed by atoms with E-state index in [2.05, 4.69) is 25.8 Å². The summed E-state index contributed by atoms with van der Waals surface area (Å²) in [5.74, 6) is -2.75. The van der Waals surface area contributed by atoms with Crippen LogP contribution in [0.15, 0.2) is 35.7 Å². The lowest BCUT2D eigenvalue weighted by Gasteiger charge is -2.26. The Morgan fingerprint density at radius 2 is 1.85 bits per heavy atom. The fourth-order valence-corrected chi connectivity index (χ4v) is 5.05. The van der Waals surface area contributed by atoms with E-state index in [1.54, 1.807) is 30.6 Å². The molecule has 2 amide bonds. The van der Waals surface area contributed by atoms with Gasteiger partial charge in [-0.1, -0.05) is 0 Å². The minimum atomic E-state index is -1.18. The molecule has 0 spiro atoms. The molecular weight excluding hydrogens is 556 g/mol. The molecule has 10 nitrogen and oxygen atoms in total. The number of rotatable bonds is 13. The third kappa shape index (κ3) is 7.82. The number of carbonyl (C=O) groups excluding carboxylic acids is 2. The topological polar surface area (TPSA) is 114 Å². The van der Waals surface area contributed by atoms with E-state index in [1.807, 2.05) is 0 Å². The lowest BCUT2D eigenvalue weighted by molar-refractivity contribution is -0.123. The van der Waals surface area contributed by atoms with Crippen LogP contribution in [0, 0.1) is 11.6 Å². The third-order valence-corrected chi connectivity index (χ3v) is 7.29. The number of amides is 2. The quantitative estimate of drug-likeness (QED) is 0.259. The van der Waals surface area contributed by atoms with Crippen LogP contribution < -0.4 is 30.3 Å². The van der Waals surface area contributed by atoms with Crippen LogP contribution in [0.1, 0.15) is 23.2 Å². The van der Waals surface area contributed by atoms with Crippen LogP contribution in [-0.4, -0.2) is 77.0 Å². The van der Waals surface area contributed by atoms with Gasteiger partial charge < -0.3 is 35.1 Å². The van der Waals surface area contributed by atoms with Gasteiger partial charge in [0.15, 0.2) is 23.3 Å². The van der Waals surface area contributed by atoms with Crippen LogP contribution in [0.5, 0.6) is 11.5 Å². The fraction of sp³-hybridized carbons (Fsp3) is 0.393. The molecule has 220 valence electrons. The van der Waals surface area contributed by atoms with Gasteiger partial charge in [0.1, 0.15) is 5.75 Å². The van der Waals surface area contributed by atoms with Crippen LogP contribution in [0.3, 0.4) is 0 Å². The molecule has 4 rings (SSSR count). The maximum Gasteiger partial charge on any atom is 0.257 e. The van der Waals surface area contributed by atoms with Crippen LogP contribution >= 0.6 is 11.3 Å². The van der Waals surface area contributed by atoms with E-state index in [9.17, 15) is 18.4 Å². The predicted molar refractivity (Wildman–Crippen MR) is 153 cm³/mol. The molecule has 1 fully saturated rings. The molecule has 2 heterocycles. The van der Waals surface area contributed by atoms with Crippen molar-refractivity contribution in [3.8, 4) is 22.8 Å². The van der Waals surface area contributed by atoms with Gasteiger partial charge in [-0.05, 0) is 43.2 Å². The number of methoxy groups -OCH3 is 1. The highest BCUT2D eigenvalue weighted by atomic mass is 32.1. The van der Waals surface area contributed by atoms with Crippen LogP contribution in [0.2, 0.25) is 0 Å². The summed E-state index contributed by atoms with van der Waals surface area (Å²) in [7, 11) is 3.30. The molecule has 1 aliphatic heterocycles. The van der Waals surface area contributed by atoms with Gasteiger partial charge in [-0.15, -0.1) is 11.3 Å². The van der Waals surface area contributed by atoms with Crippen molar-refractivity contribution >= 4 is 34.0 Å². The second-order valence-corrected chi connectivity index (χ2v) is 9.96. The highest BCUT2D eigenvalue weighted by Crippen LogP contribution is 2.36. The molecule has 0 saturated carbocycles. The number of nitrogens with one attached hydrogen (secondary N) is 3. The molecule has 13 heteroatoms. The normalized spacial score (nSPS) is 13.0. The fourth-order valence-electron chi connectivity index (χ4n) is 4.17. The van der Waals surface area contributed by atoms with Crippen molar-refractivity contribution in [2.75, 3.05) is 70.4 Å². The summed E-state index contributed by atoms with van der Waals surface area (Å²) >= 11 is 1.39. The second-order valence-electron chi connectivity index (χ2n) is 9.12. The Kier molecular flexibility index (Phi) is 10.7. The first kappa shape index (κ1) is 30.0. The van der Waals surface area contributed by atoms with E-state index in [1.165, 1.54) is 24.5 Å². The van der Waals surface area contributed by atoms with Crippen molar-refractivity contribution in [3.05, 3.63) is 52.9 Å². The molecule has 0 atom stereocenters. The zero-order chi connectivity index (χ0) is 29.2. The SMILES string of the molecule is CNc1ccc(C(=O)NCCCCNC(=O)COc2c(-c3csc(N4CCOCC4)n3)ccc(F)c2F)cc1OC. The highest BCUT2D eigenvalue weighted by molar-refractivity contribution is 7.14. The molecule has 1 saturated heterocycles. The smallest absolute Gasteiger partial charge is 0.257 e. The number of anilines is 2. The first-order valence-electron chi connectivity index (χ1n) is 13.2. The lowest BCUT2D eigenvalue weighted by Crippen LogP contribution is -2.36. The van der Waals surface area contributed by atoms with Crippen LogP contribution in [0.4, 0.5) is 19.6 Å². The molecule has 2 aromatic carbocycles. The van der Waals surface area contributed by atoms with E-state index < -0.39 is 24.1 Å². The molecule has 0 unspecified atom stereocenters. The summed E-state index contributed by atoms with van der Waals surface area (Å²) in [6.45, 7) is 2.84. The average Bonchev–Trinajstić information content (AvgIpc) is 3.49. The minimum absolute atomic E-state index is 0.228. The van der Waals surface area contributed by atoms with E-state index in [-0.39, 0.29) is 17.2 Å². The van der Waals surface area contributed by atoms with Crippen molar-refractivity contribution in [1.82, 2.24) is 15.6 Å². The van der Waals surface area contributed by atoms with E-state index in [0.717, 1.165) is 16.9 Å². The number of benzene rings is 2. The molecule has 1 aromatic heterocycles. The molecule has 3 aromatic rings. The number of hydrogen-bond acceptors (Lipinski definition) is 9. The maximum atomic E-state index is 14.7. The highest BCUT2D eigenvalue weighted by Gasteiger charge is 2.21. The summed E-state index contributed by atoms with van der Waals surface area (Å²) in [5.41, 5.74) is 1.96. The molecule has 0 radical (unpaired) electrons. The van der Waals surface area contributed by atoms with Crippen molar-refractivity contribution in [3.63, 3.8) is 0 Å². The van der Waals surface area contributed by atoms with Gasteiger partial charge in [0.05, 0.1) is 31.7 Å². The number of aromatic nitrogens is 1. The van der Waals surface area contributed by atoms with Crippen molar-refractivity contribution < 1.29 is 32.6 Å². The molecule has 0 bridgehead atoms. The summed E-state index contributed by atoms with van der Waals surface area (Å²) in [6.07, 6.45) is 1.22. The Morgan fingerprint density at radius 1 is 1.10 bits per heavy atom. The van der Waals surface area contributed by atoms with Gasteiger partial charge in [-0.2, -0.15) is 4.39 Å². The average molecular weight is 590 g/mol. The van der Waals surface area contributed by atoms with Gasteiger partial charge in [0.25, 0.3) is 11.8 Å². The van der Waals surface area contributed by atoms with E-state index in [4.69, 9.17) is 14.2 Å². The zero-order valence-electron chi connectivity index (χ0n) is 22.9. The van der Waals surface area contributed by atoms with Gasteiger partial charge in [-0.3, -0.25) is 9.59 Å². The standard InChI is InChI=1S/C28H33F2N5O5S/c1-31-21-8-5-18(15-23(21)38-2)27(37)33-10-4-3-9-32-24(36)16-40-26-19(6-7-20(29)25(26)30)22-17-41-28(34-22)35-11-13-39-14-12-35/h5-8,15,17,31H,3-4,9-14,16H2,1-2H3,(H,32,36)(H,33,37). The predicted octanol–water partition coefficient (Wildman–Crippen LogP) is 3.68. The Bertz CT molecular complexity index is 1350. The van der Waals surface area contributed by atoms with Gasteiger partial charge in [-0.25, -0.2) is 9.37 Å². The summed E-state index contributed by atoms with van der Waals surface area (Å²) in [5, 5.41) is 11.0. The van der Waals surface area contributed by atoms with Crippen molar-refractivity contribution in [1.29, 1.82) is 0 Å². The van der Waals surface area contributed by atoms with E-state index >= 15 is 0 Å². The van der Waals surface area contributed by atoms with Gasteiger partial charge in [0.2, 0.25) is 5.82 Å². The van der Waals surface area contributed by atoms with Gasteiger partial charge in [0, 0.05) is 49.7 Å². The largest absolute Gasteiger partial charge is 0.495 e. The number of ether oxygens (including phenoxy) is 3. The van der Waals surface area contributed by atoms with E-state index in [0.29, 0.717) is 69.2 Å². The molecule has 41 heavy (non-hydrogen) atoms. The summed E-state index contributed by atoms with van der Waals surface area (Å²) in [4.78, 5) is 31.4. The van der Waals surface area contributed by atoms with Gasteiger partial charge >= 0.3 is 0 Å². The number of hydrogen-bond donors (Lipinski definition) is 3. The minimum Gasteiger partial charge on any atom is -0.495 e. The maximum absolute atomic E-state index is 14.7. The zero-order valence-corrected chi connectivity index (χ0v) is 23.7.